The van der Waals surface area contributed by atoms with Gasteiger partial charge in [0, 0.05) is 49.5 Å². The average Bonchev–Trinajstić information content (AvgIpc) is 3.28. The second-order valence-electron chi connectivity index (χ2n) is 9.70. The lowest BCUT2D eigenvalue weighted by Gasteiger charge is -2.23. The highest BCUT2D eigenvalue weighted by Gasteiger charge is 2.26. The second kappa shape index (κ2) is 14.2. The van der Waals surface area contributed by atoms with Crippen LogP contribution in [0, 0.1) is 5.92 Å². The molecule has 1 heterocycles. The number of carbonyl (C=O) groups excluding carboxylic acids is 3. The van der Waals surface area contributed by atoms with Crippen molar-refractivity contribution < 1.29 is 14.4 Å². The highest BCUT2D eigenvalue weighted by atomic mass is 35.5. The molecule has 0 saturated carbocycles. The Hall–Kier alpha value is -3.07. The summed E-state index contributed by atoms with van der Waals surface area (Å²) in [6.07, 6.45) is 1.69. The fourth-order valence-corrected chi connectivity index (χ4v) is 5.55. The zero-order valence-electron chi connectivity index (χ0n) is 22.1. The molecule has 0 aliphatic rings. The summed E-state index contributed by atoms with van der Waals surface area (Å²) in [6.45, 7) is 4.42. The molecule has 0 aliphatic heterocycles. The average molecular weight is 555 g/mol. The van der Waals surface area contributed by atoms with Gasteiger partial charge in [-0.3, -0.25) is 14.4 Å². The summed E-state index contributed by atoms with van der Waals surface area (Å²) in [7, 11) is 5.34. The number of benzene rings is 2. The third kappa shape index (κ3) is 9.04. The Bertz CT molecular complexity index is 1280. The molecule has 0 saturated heterocycles. The summed E-state index contributed by atoms with van der Waals surface area (Å²) in [4.78, 5) is 45.1. The van der Waals surface area contributed by atoms with Crippen molar-refractivity contribution in [3.63, 3.8) is 0 Å². The van der Waals surface area contributed by atoms with Crippen molar-refractivity contribution in [2.45, 2.75) is 38.1 Å². The Kier molecular flexibility index (Phi) is 11.0. The van der Waals surface area contributed by atoms with Crippen molar-refractivity contribution in [2.75, 3.05) is 27.7 Å². The first kappa shape index (κ1) is 29.5. The summed E-state index contributed by atoms with van der Waals surface area (Å²) < 4.78 is 0.935. The first-order chi connectivity index (χ1) is 18.1. The number of hydrogen-bond donors (Lipinski definition) is 2. The number of Topliss-reactive ketones (excluding diaryl/α,β-unsaturated/α-hetero) is 1. The lowest BCUT2D eigenvalue weighted by atomic mass is 9.95. The van der Waals surface area contributed by atoms with Crippen LogP contribution in [0.5, 0.6) is 0 Å². The van der Waals surface area contributed by atoms with E-state index in [1.54, 1.807) is 13.1 Å². The number of halogens is 1. The molecule has 2 N–H and O–H groups in total. The first-order valence-electron chi connectivity index (χ1n) is 12.6. The fourth-order valence-electron chi connectivity index (χ4n) is 4.22. The van der Waals surface area contributed by atoms with Crippen molar-refractivity contribution in [3.05, 3.63) is 76.3 Å². The van der Waals surface area contributed by atoms with Gasteiger partial charge in [-0.15, -0.1) is 11.3 Å². The second-order valence-corrected chi connectivity index (χ2v) is 11.2. The number of aromatic nitrogens is 1. The molecule has 2 atom stereocenters. The number of likely N-dealkylation sites (N-methyl/N-ethyl adjacent to an activating group) is 1. The molecule has 0 bridgehead atoms. The summed E-state index contributed by atoms with van der Waals surface area (Å²) in [5.74, 6) is -1.07. The molecule has 38 heavy (non-hydrogen) atoms. The zero-order valence-corrected chi connectivity index (χ0v) is 23.7. The number of nitrogens with one attached hydrogen (secondary N) is 2. The standard InChI is InChI=1S/C29H35ClN4O3S/c1-19(18-34(3)4)25(35)13-11-23(14-20-8-6-5-7-9-20)32-29(37)21(15-27(36)31-2)16-28-33-24-12-10-22(30)17-26(24)38-28/h5-10,12,17,21,23H,1,11,13-16,18H2,2-4H3,(H,31,36)(H,32,37)/t21-,23+/m0/s1. The summed E-state index contributed by atoms with van der Waals surface area (Å²) >= 11 is 7.59. The van der Waals surface area contributed by atoms with Gasteiger partial charge in [-0.05, 0) is 50.7 Å². The SMILES string of the molecule is C=C(CN(C)C)C(=O)CC[C@H](Cc1ccccc1)NC(=O)[C@@H](CC(=O)NC)Cc1nc2ccc(Cl)cc2s1. The van der Waals surface area contributed by atoms with E-state index in [1.807, 2.05) is 61.5 Å². The maximum atomic E-state index is 13.5. The number of hydrogen-bond acceptors (Lipinski definition) is 6. The molecule has 3 aromatic rings. The van der Waals surface area contributed by atoms with E-state index in [2.05, 4.69) is 22.2 Å². The topological polar surface area (TPSA) is 91.4 Å². The predicted octanol–water partition coefficient (Wildman–Crippen LogP) is 4.44. The molecule has 2 amide bonds. The van der Waals surface area contributed by atoms with Gasteiger partial charge >= 0.3 is 0 Å². The Labute approximate surface area is 233 Å². The highest BCUT2D eigenvalue weighted by Crippen LogP contribution is 2.27. The number of nitrogens with zero attached hydrogens (tertiary/aromatic N) is 2. The number of ketones is 1. The molecule has 0 spiro atoms. The van der Waals surface area contributed by atoms with Crippen LogP contribution in [0.25, 0.3) is 10.2 Å². The highest BCUT2D eigenvalue weighted by molar-refractivity contribution is 7.18. The van der Waals surface area contributed by atoms with E-state index >= 15 is 0 Å². The maximum Gasteiger partial charge on any atom is 0.224 e. The molecule has 0 radical (unpaired) electrons. The molecule has 0 aliphatic carbocycles. The van der Waals surface area contributed by atoms with Crippen LogP contribution in [-0.2, 0) is 27.2 Å². The third-order valence-corrected chi connectivity index (χ3v) is 7.47. The van der Waals surface area contributed by atoms with Gasteiger partial charge in [-0.2, -0.15) is 0 Å². The largest absolute Gasteiger partial charge is 0.359 e. The lowest BCUT2D eigenvalue weighted by Crippen LogP contribution is -2.42. The lowest BCUT2D eigenvalue weighted by molar-refractivity contribution is -0.130. The monoisotopic (exact) mass is 554 g/mol. The van der Waals surface area contributed by atoms with Crippen molar-refractivity contribution >= 4 is 50.8 Å². The van der Waals surface area contributed by atoms with Crippen LogP contribution in [0.2, 0.25) is 5.02 Å². The molecule has 0 unspecified atom stereocenters. The smallest absolute Gasteiger partial charge is 0.224 e. The molecule has 2 aromatic carbocycles. The van der Waals surface area contributed by atoms with E-state index in [4.69, 9.17) is 11.6 Å². The Morgan fingerprint density at radius 1 is 1.11 bits per heavy atom. The van der Waals surface area contributed by atoms with Crippen LogP contribution >= 0.6 is 22.9 Å². The Morgan fingerprint density at radius 2 is 1.84 bits per heavy atom. The van der Waals surface area contributed by atoms with E-state index in [0.29, 0.717) is 36.4 Å². The minimum Gasteiger partial charge on any atom is -0.359 e. The van der Waals surface area contributed by atoms with Crippen LogP contribution in [0.15, 0.2) is 60.7 Å². The first-order valence-corrected chi connectivity index (χ1v) is 13.8. The van der Waals surface area contributed by atoms with Crippen molar-refractivity contribution in [1.29, 1.82) is 0 Å². The van der Waals surface area contributed by atoms with Gasteiger partial charge in [-0.1, -0.05) is 48.5 Å². The molecule has 3 rings (SSSR count). The van der Waals surface area contributed by atoms with E-state index in [1.165, 1.54) is 11.3 Å². The Morgan fingerprint density at radius 3 is 2.53 bits per heavy atom. The summed E-state index contributed by atoms with van der Waals surface area (Å²) in [5.41, 5.74) is 2.42. The van der Waals surface area contributed by atoms with Gasteiger partial charge in [0.1, 0.15) is 0 Å². The van der Waals surface area contributed by atoms with Crippen LogP contribution in [-0.4, -0.2) is 61.2 Å². The quantitative estimate of drug-likeness (QED) is 0.287. The molecule has 202 valence electrons. The van der Waals surface area contributed by atoms with Gasteiger partial charge in [0.2, 0.25) is 11.8 Å². The van der Waals surface area contributed by atoms with Gasteiger partial charge in [0.15, 0.2) is 5.78 Å². The van der Waals surface area contributed by atoms with Crippen LogP contribution < -0.4 is 10.6 Å². The summed E-state index contributed by atoms with van der Waals surface area (Å²) in [6, 6.07) is 15.0. The van der Waals surface area contributed by atoms with E-state index in [9.17, 15) is 14.4 Å². The van der Waals surface area contributed by atoms with Gasteiger partial charge in [0.25, 0.3) is 0 Å². The number of thiazole rings is 1. The molecule has 1 aromatic heterocycles. The van der Waals surface area contributed by atoms with Gasteiger partial charge in [-0.25, -0.2) is 4.98 Å². The third-order valence-electron chi connectivity index (χ3n) is 6.19. The van der Waals surface area contributed by atoms with E-state index < -0.39 is 5.92 Å². The van der Waals surface area contributed by atoms with Crippen molar-refractivity contribution in [1.82, 2.24) is 20.5 Å². The summed E-state index contributed by atoms with van der Waals surface area (Å²) in [5, 5.41) is 7.15. The molecule has 7 nitrogen and oxygen atoms in total. The van der Waals surface area contributed by atoms with E-state index in [-0.39, 0.29) is 36.5 Å². The molecular weight excluding hydrogens is 520 g/mol. The van der Waals surface area contributed by atoms with Crippen LogP contribution in [0.4, 0.5) is 0 Å². The minimum absolute atomic E-state index is 0.0129. The number of carbonyl (C=O) groups is 3. The molecular formula is C29H35ClN4O3S. The number of fused-ring (bicyclic) bond motifs is 1. The molecule has 9 heteroatoms. The molecule has 0 fully saturated rings. The van der Waals surface area contributed by atoms with E-state index in [0.717, 1.165) is 20.8 Å². The van der Waals surface area contributed by atoms with Gasteiger partial charge in [0.05, 0.1) is 21.1 Å². The van der Waals surface area contributed by atoms with Crippen LogP contribution in [0.3, 0.4) is 0 Å². The van der Waals surface area contributed by atoms with Crippen molar-refractivity contribution in [2.24, 2.45) is 5.92 Å². The predicted molar refractivity (Wildman–Crippen MR) is 155 cm³/mol. The Balaban J connectivity index is 1.76. The fraction of sp³-hybridized carbons (Fsp3) is 0.379. The van der Waals surface area contributed by atoms with Crippen molar-refractivity contribution in [3.8, 4) is 0 Å². The number of rotatable bonds is 14. The normalized spacial score (nSPS) is 12.8. The number of amides is 2. The zero-order chi connectivity index (χ0) is 27.7. The van der Waals surface area contributed by atoms with Gasteiger partial charge < -0.3 is 15.5 Å². The van der Waals surface area contributed by atoms with Crippen LogP contribution in [0.1, 0.15) is 29.8 Å². The maximum absolute atomic E-state index is 13.5. The minimum atomic E-state index is -0.608.